The third-order valence-electron chi connectivity index (χ3n) is 2.62. The highest BCUT2D eigenvalue weighted by Gasteiger charge is 2.29. The Bertz CT molecular complexity index is 525. The Kier molecular flexibility index (Phi) is 3.84. The van der Waals surface area contributed by atoms with E-state index in [0.717, 1.165) is 0 Å². The molecule has 4 nitrogen and oxygen atoms in total. The van der Waals surface area contributed by atoms with Gasteiger partial charge in [0.05, 0.1) is 23.7 Å². The SMILES string of the molecule is OC(CCC(F)(F)F)c1cnnn1-c1ccccc1. The lowest BCUT2D eigenvalue weighted by Gasteiger charge is -2.13. The smallest absolute Gasteiger partial charge is 0.387 e. The molecular weight excluding hydrogens is 259 g/mol. The van der Waals surface area contributed by atoms with Gasteiger partial charge in [-0.1, -0.05) is 23.4 Å². The van der Waals surface area contributed by atoms with Crippen molar-refractivity contribution in [2.45, 2.75) is 25.1 Å². The average Bonchev–Trinajstić information content (AvgIpc) is 2.85. The summed E-state index contributed by atoms with van der Waals surface area (Å²) in [7, 11) is 0. The number of rotatable bonds is 4. The number of hydrogen-bond acceptors (Lipinski definition) is 3. The summed E-state index contributed by atoms with van der Waals surface area (Å²) in [6, 6.07) is 8.80. The minimum absolute atomic E-state index is 0.246. The van der Waals surface area contributed by atoms with Crippen LogP contribution >= 0.6 is 0 Å². The molecule has 1 N–H and O–H groups in total. The highest BCUT2D eigenvalue weighted by Crippen LogP contribution is 2.27. The molecule has 0 aliphatic heterocycles. The minimum Gasteiger partial charge on any atom is -0.387 e. The first-order valence-electron chi connectivity index (χ1n) is 5.68. The zero-order valence-corrected chi connectivity index (χ0v) is 9.88. The Morgan fingerprint density at radius 2 is 1.89 bits per heavy atom. The molecule has 0 saturated heterocycles. The monoisotopic (exact) mass is 271 g/mol. The molecule has 1 aromatic carbocycles. The van der Waals surface area contributed by atoms with Gasteiger partial charge in [0.1, 0.15) is 0 Å². The van der Waals surface area contributed by atoms with Crippen LogP contribution in [0.5, 0.6) is 0 Å². The Labute approximate surface area is 107 Å². The van der Waals surface area contributed by atoms with E-state index in [1.165, 1.54) is 10.9 Å². The first-order valence-corrected chi connectivity index (χ1v) is 5.68. The van der Waals surface area contributed by atoms with Crippen molar-refractivity contribution in [2.24, 2.45) is 0 Å². The van der Waals surface area contributed by atoms with Gasteiger partial charge in [0.25, 0.3) is 0 Å². The minimum atomic E-state index is -4.29. The summed E-state index contributed by atoms with van der Waals surface area (Å²) in [5.74, 6) is 0. The van der Waals surface area contributed by atoms with Gasteiger partial charge in [-0.25, -0.2) is 4.68 Å². The molecule has 1 heterocycles. The topological polar surface area (TPSA) is 50.9 Å². The number of halogens is 3. The van der Waals surface area contributed by atoms with Crippen molar-refractivity contribution in [3.63, 3.8) is 0 Å². The molecule has 0 saturated carbocycles. The van der Waals surface area contributed by atoms with Crippen LogP contribution in [0.4, 0.5) is 13.2 Å². The summed E-state index contributed by atoms with van der Waals surface area (Å²) < 4.78 is 37.7. The van der Waals surface area contributed by atoms with Gasteiger partial charge in [-0.05, 0) is 18.6 Å². The highest BCUT2D eigenvalue weighted by molar-refractivity contribution is 5.31. The van der Waals surface area contributed by atoms with Crippen LogP contribution in [-0.4, -0.2) is 26.3 Å². The van der Waals surface area contributed by atoms with Crippen molar-refractivity contribution in [1.29, 1.82) is 0 Å². The van der Waals surface area contributed by atoms with Gasteiger partial charge in [0.15, 0.2) is 0 Å². The number of alkyl halides is 3. The maximum absolute atomic E-state index is 12.1. The molecule has 1 aromatic heterocycles. The zero-order chi connectivity index (χ0) is 13.9. The number of nitrogens with zero attached hydrogens (tertiary/aromatic N) is 3. The highest BCUT2D eigenvalue weighted by atomic mass is 19.4. The number of para-hydroxylation sites is 1. The molecule has 19 heavy (non-hydrogen) atoms. The first-order chi connectivity index (χ1) is 8.97. The van der Waals surface area contributed by atoms with Crippen LogP contribution < -0.4 is 0 Å². The molecule has 2 aromatic rings. The average molecular weight is 271 g/mol. The molecule has 7 heteroatoms. The lowest BCUT2D eigenvalue weighted by Crippen LogP contribution is -2.12. The zero-order valence-electron chi connectivity index (χ0n) is 9.88. The predicted octanol–water partition coefficient (Wildman–Crippen LogP) is 2.64. The molecule has 0 spiro atoms. The van der Waals surface area contributed by atoms with Crippen LogP contribution in [0.3, 0.4) is 0 Å². The molecule has 0 aliphatic carbocycles. The van der Waals surface area contributed by atoms with Gasteiger partial charge in [-0.2, -0.15) is 13.2 Å². The fourth-order valence-corrected chi connectivity index (χ4v) is 1.69. The number of aromatic nitrogens is 3. The number of benzene rings is 1. The normalized spacial score (nSPS) is 13.5. The van der Waals surface area contributed by atoms with Gasteiger partial charge in [0.2, 0.25) is 0 Å². The number of aliphatic hydroxyl groups excluding tert-OH is 1. The first kappa shape index (κ1) is 13.5. The predicted molar refractivity (Wildman–Crippen MR) is 61.6 cm³/mol. The fourth-order valence-electron chi connectivity index (χ4n) is 1.69. The van der Waals surface area contributed by atoms with E-state index >= 15 is 0 Å². The Hall–Kier alpha value is -1.89. The maximum atomic E-state index is 12.1. The Morgan fingerprint density at radius 1 is 1.21 bits per heavy atom. The third kappa shape index (κ3) is 3.54. The lowest BCUT2D eigenvalue weighted by molar-refractivity contribution is -0.140. The van der Waals surface area contributed by atoms with Crippen molar-refractivity contribution in [3.8, 4) is 5.69 Å². The van der Waals surface area contributed by atoms with E-state index in [9.17, 15) is 18.3 Å². The van der Waals surface area contributed by atoms with Gasteiger partial charge >= 0.3 is 6.18 Å². The van der Waals surface area contributed by atoms with E-state index in [-0.39, 0.29) is 5.69 Å². The van der Waals surface area contributed by atoms with Crippen LogP contribution in [0.15, 0.2) is 36.5 Å². The van der Waals surface area contributed by atoms with Crippen LogP contribution in [0.1, 0.15) is 24.6 Å². The van der Waals surface area contributed by atoms with Crippen molar-refractivity contribution in [1.82, 2.24) is 15.0 Å². The number of aliphatic hydroxyl groups is 1. The van der Waals surface area contributed by atoms with Crippen LogP contribution in [0.25, 0.3) is 5.69 Å². The van der Waals surface area contributed by atoms with Gasteiger partial charge in [-0.15, -0.1) is 5.10 Å². The molecule has 0 amide bonds. The van der Waals surface area contributed by atoms with Gasteiger partial charge in [-0.3, -0.25) is 0 Å². The second kappa shape index (κ2) is 5.40. The maximum Gasteiger partial charge on any atom is 0.389 e. The largest absolute Gasteiger partial charge is 0.389 e. The summed E-state index contributed by atoms with van der Waals surface area (Å²) in [5, 5.41) is 17.2. The van der Waals surface area contributed by atoms with Gasteiger partial charge < -0.3 is 5.11 Å². The Balaban J connectivity index is 2.16. The van der Waals surface area contributed by atoms with Crippen molar-refractivity contribution < 1.29 is 18.3 Å². The van der Waals surface area contributed by atoms with E-state index in [0.29, 0.717) is 5.69 Å². The van der Waals surface area contributed by atoms with Crippen molar-refractivity contribution in [2.75, 3.05) is 0 Å². The lowest BCUT2D eigenvalue weighted by atomic mass is 10.1. The van der Waals surface area contributed by atoms with Crippen molar-refractivity contribution >= 4 is 0 Å². The van der Waals surface area contributed by atoms with E-state index < -0.39 is 25.1 Å². The van der Waals surface area contributed by atoms with E-state index in [1.54, 1.807) is 30.3 Å². The summed E-state index contributed by atoms with van der Waals surface area (Å²) in [6.07, 6.45) is -5.73. The standard InChI is InChI=1S/C12H12F3N3O/c13-12(14,15)7-6-11(19)10-8-16-17-18(10)9-4-2-1-3-5-9/h1-5,8,11,19H,6-7H2. The molecule has 1 atom stereocenters. The molecule has 0 fully saturated rings. The molecule has 1 unspecified atom stereocenters. The van der Waals surface area contributed by atoms with Crippen LogP contribution in [0.2, 0.25) is 0 Å². The molecule has 2 rings (SSSR count). The Morgan fingerprint density at radius 3 is 2.53 bits per heavy atom. The third-order valence-corrected chi connectivity index (χ3v) is 2.62. The molecule has 0 aliphatic rings. The second-order valence-electron chi connectivity index (χ2n) is 4.08. The fraction of sp³-hybridized carbons (Fsp3) is 0.333. The molecule has 0 bridgehead atoms. The molecule has 0 radical (unpaired) electrons. The van der Waals surface area contributed by atoms with Crippen LogP contribution in [0, 0.1) is 0 Å². The molecular formula is C12H12F3N3O. The summed E-state index contributed by atoms with van der Waals surface area (Å²) in [6.45, 7) is 0. The summed E-state index contributed by atoms with van der Waals surface area (Å²) in [4.78, 5) is 0. The van der Waals surface area contributed by atoms with Gasteiger partial charge in [0, 0.05) is 6.42 Å². The van der Waals surface area contributed by atoms with E-state index in [1.807, 2.05) is 0 Å². The summed E-state index contributed by atoms with van der Waals surface area (Å²) in [5.41, 5.74) is 0.886. The van der Waals surface area contributed by atoms with Crippen LogP contribution in [-0.2, 0) is 0 Å². The van der Waals surface area contributed by atoms with E-state index in [4.69, 9.17) is 0 Å². The quantitative estimate of drug-likeness (QED) is 0.930. The number of hydrogen-bond donors (Lipinski definition) is 1. The van der Waals surface area contributed by atoms with E-state index in [2.05, 4.69) is 10.3 Å². The molecule has 102 valence electrons. The summed E-state index contributed by atoms with van der Waals surface area (Å²) >= 11 is 0. The van der Waals surface area contributed by atoms with Crippen molar-refractivity contribution in [3.05, 3.63) is 42.2 Å². The second-order valence-corrected chi connectivity index (χ2v) is 4.08.